The Morgan fingerprint density at radius 1 is 1.08 bits per heavy atom. The Bertz CT molecular complexity index is 804. The lowest BCUT2D eigenvalue weighted by atomic mass is 10.3. The molecule has 1 aromatic heterocycles. The Morgan fingerprint density at radius 2 is 1.75 bits per heavy atom. The Hall–Kier alpha value is -2.73. The maximum absolute atomic E-state index is 12.2. The molecule has 0 spiro atoms. The summed E-state index contributed by atoms with van der Waals surface area (Å²) in [5, 5.41) is 16.9. The van der Waals surface area contributed by atoms with Gasteiger partial charge >= 0.3 is 0 Å². The number of carbonyl (C=O) groups excluding carboxylic acids is 1. The van der Waals surface area contributed by atoms with Crippen LogP contribution >= 0.6 is 11.8 Å². The zero-order chi connectivity index (χ0) is 16.8. The van der Waals surface area contributed by atoms with E-state index in [1.54, 1.807) is 11.8 Å². The van der Waals surface area contributed by atoms with Crippen LogP contribution < -0.4 is 5.32 Å². The molecule has 0 aliphatic carbocycles. The molecular weight excluding hydrogens is 322 g/mol. The van der Waals surface area contributed by atoms with Crippen molar-refractivity contribution in [3.05, 3.63) is 72.6 Å². The second-order valence-electron chi connectivity index (χ2n) is 5.06. The van der Waals surface area contributed by atoms with E-state index in [-0.39, 0.29) is 17.4 Å². The molecule has 1 amide bonds. The highest BCUT2D eigenvalue weighted by Crippen LogP contribution is 2.18. The van der Waals surface area contributed by atoms with E-state index in [2.05, 4.69) is 10.4 Å². The Morgan fingerprint density at radius 3 is 2.46 bits per heavy atom. The summed E-state index contributed by atoms with van der Waals surface area (Å²) in [6.45, 7) is 0.496. The van der Waals surface area contributed by atoms with Gasteiger partial charge in [0.05, 0.1) is 11.9 Å². The molecule has 3 aromatic rings. The van der Waals surface area contributed by atoms with Crippen LogP contribution in [-0.4, -0.2) is 33.1 Å². The van der Waals surface area contributed by atoms with Crippen molar-refractivity contribution in [2.24, 2.45) is 0 Å². The number of para-hydroxylation sites is 1. The maximum atomic E-state index is 12.2. The van der Waals surface area contributed by atoms with Crippen molar-refractivity contribution in [3.63, 3.8) is 0 Å². The van der Waals surface area contributed by atoms with Gasteiger partial charge in [-0.1, -0.05) is 36.4 Å². The van der Waals surface area contributed by atoms with Crippen molar-refractivity contribution in [2.45, 2.75) is 4.90 Å². The lowest BCUT2D eigenvalue weighted by Crippen LogP contribution is -2.26. The highest BCUT2D eigenvalue weighted by Gasteiger charge is 2.16. The van der Waals surface area contributed by atoms with Crippen LogP contribution in [0.2, 0.25) is 0 Å². The first-order valence-electron chi connectivity index (χ1n) is 7.54. The molecule has 2 aromatic carbocycles. The molecule has 0 radical (unpaired) electrons. The third-order valence-electron chi connectivity index (χ3n) is 3.33. The first-order valence-corrected chi connectivity index (χ1v) is 8.53. The van der Waals surface area contributed by atoms with Gasteiger partial charge in [0.25, 0.3) is 5.91 Å². The average Bonchev–Trinajstić information content (AvgIpc) is 3.02. The Balaban J connectivity index is 1.56. The minimum absolute atomic E-state index is 0.0311. The number of thioether (sulfide) groups is 1. The number of rotatable bonds is 6. The second-order valence-corrected chi connectivity index (χ2v) is 6.23. The second kappa shape index (κ2) is 7.70. The van der Waals surface area contributed by atoms with Crippen LogP contribution in [0.1, 0.15) is 10.5 Å². The number of benzene rings is 2. The zero-order valence-corrected chi connectivity index (χ0v) is 13.7. The number of aromatic nitrogens is 2. The number of nitrogens with zero attached hydrogens (tertiary/aromatic N) is 2. The van der Waals surface area contributed by atoms with E-state index < -0.39 is 0 Å². The van der Waals surface area contributed by atoms with E-state index >= 15 is 0 Å². The van der Waals surface area contributed by atoms with Gasteiger partial charge in [-0.3, -0.25) is 4.79 Å². The summed E-state index contributed by atoms with van der Waals surface area (Å²) in [6.07, 6.45) is 1.43. The van der Waals surface area contributed by atoms with Crippen LogP contribution in [-0.2, 0) is 0 Å². The van der Waals surface area contributed by atoms with Crippen LogP contribution in [0.3, 0.4) is 0 Å². The van der Waals surface area contributed by atoms with Crippen molar-refractivity contribution in [3.8, 4) is 11.4 Å². The van der Waals surface area contributed by atoms with Gasteiger partial charge in [0, 0.05) is 17.2 Å². The molecule has 0 bridgehead atoms. The largest absolute Gasteiger partial charge is 0.504 e. The highest BCUT2D eigenvalue weighted by atomic mass is 32.2. The van der Waals surface area contributed by atoms with Crippen molar-refractivity contribution in [2.75, 3.05) is 12.3 Å². The van der Waals surface area contributed by atoms with E-state index in [1.807, 2.05) is 60.7 Å². The maximum Gasteiger partial charge on any atom is 0.275 e. The molecule has 24 heavy (non-hydrogen) atoms. The average molecular weight is 339 g/mol. The van der Waals surface area contributed by atoms with Gasteiger partial charge in [0.15, 0.2) is 11.4 Å². The van der Waals surface area contributed by atoms with Crippen LogP contribution in [0.4, 0.5) is 0 Å². The van der Waals surface area contributed by atoms with Crippen LogP contribution in [0, 0.1) is 0 Å². The van der Waals surface area contributed by atoms with E-state index in [0.29, 0.717) is 6.54 Å². The minimum Gasteiger partial charge on any atom is -0.504 e. The number of aromatic hydroxyl groups is 1. The number of carbonyl (C=O) groups is 1. The Labute approximate surface area is 144 Å². The van der Waals surface area contributed by atoms with Crippen molar-refractivity contribution >= 4 is 17.7 Å². The summed E-state index contributed by atoms with van der Waals surface area (Å²) in [6, 6.07) is 19.3. The van der Waals surface area contributed by atoms with E-state index in [0.717, 1.165) is 16.3 Å². The van der Waals surface area contributed by atoms with Crippen LogP contribution in [0.25, 0.3) is 5.69 Å². The molecule has 2 N–H and O–H groups in total. The number of nitrogens with one attached hydrogen (secondary N) is 1. The lowest BCUT2D eigenvalue weighted by molar-refractivity contribution is 0.0948. The molecule has 0 saturated carbocycles. The molecule has 5 nitrogen and oxygen atoms in total. The zero-order valence-electron chi connectivity index (χ0n) is 12.9. The summed E-state index contributed by atoms with van der Waals surface area (Å²) in [5.74, 6) is 0.235. The first kappa shape index (κ1) is 16.1. The topological polar surface area (TPSA) is 67.2 Å². The van der Waals surface area contributed by atoms with Gasteiger partial charge in [-0.2, -0.15) is 5.10 Å². The first-order chi connectivity index (χ1) is 11.7. The van der Waals surface area contributed by atoms with Crippen molar-refractivity contribution in [1.82, 2.24) is 15.1 Å². The number of amides is 1. The SMILES string of the molecule is O=C(NCCSc1ccccc1)c1nn(-c2ccccc2)cc1O. The van der Waals surface area contributed by atoms with Gasteiger partial charge in [-0.15, -0.1) is 11.8 Å². The standard InChI is InChI=1S/C18H17N3O2S/c22-16-13-21(14-7-3-1-4-8-14)20-17(16)18(23)19-11-12-24-15-9-5-2-6-10-15/h1-10,13,22H,11-12H2,(H,19,23). The van der Waals surface area contributed by atoms with Crippen LogP contribution in [0.15, 0.2) is 71.8 Å². The smallest absolute Gasteiger partial charge is 0.275 e. The summed E-state index contributed by atoms with van der Waals surface area (Å²) in [7, 11) is 0. The fraction of sp³-hybridized carbons (Fsp3) is 0.111. The fourth-order valence-electron chi connectivity index (χ4n) is 2.17. The van der Waals surface area contributed by atoms with E-state index in [1.165, 1.54) is 10.9 Å². The molecule has 0 fully saturated rings. The molecule has 6 heteroatoms. The van der Waals surface area contributed by atoms with Gasteiger partial charge in [0.2, 0.25) is 0 Å². The van der Waals surface area contributed by atoms with Gasteiger partial charge in [-0.25, -0.2) is 4.68 Å². The predicted octanol–water partition coefficient (Wildman–Crippen LogP) is 3.10. The van der Waals surface area contributed by atoms with Gasteiger partial charge in [0.1, 0.15) is 0 Å². The highest BCUT2D eigenvalue weighted by molar-refractivity contribution is 7.99. The normalized spacial score (nSPS) is 10.5. The van der Waals surface area contributed by atoms with Crippen molar-refractivity contribution in [1.29, 1.82) is 0 Å². The summed E-state index contributed by atoms with van der Waals surface area (Å²) in [4.78, 5) is 13.3. The molecule has 3 rings (SSSR count). The molecular formula is C18H17N3O2S. The van der Waals surface area contributed by atoms with Gasteiger partial charge < -0.3 is 10.4 Å². The van der Waals surface area contributed by atoms with E-state index in [4.69, 9.17) is 0 Å². The fourth-order valence-corrected chi connectivity index (χ4v) is 2.96. The molecule has 0 atom stereocenters. The molecule has 0 saturated heterocycles. The summed E-state index contributed by atoms with van der Waals surface area (Å²) in [5.41, 5.74) is 0.815. The van der Waals surface area contributed by atoms with Gasteiger partial charge in [-0.05, 0) is 24.3 Å². The third kappa shape index (κ3) is 3.97. The Kier molecular flexibility index (Phi) is 5.18. The molecule has 0 unspecified atom stereocenters. The quantitative estimate of drug-likeness (QED) is 0.535. The lowest BCUT2D eigenvalue weighted by Gasteiger charge is -2.04. The van der Waals surface area contributed by atoms with Crippen molar-refractivity contribution < 1.29 is 9.90 Å². The predicted molar refractivity (Wildman–Crippen MR) is 94.7 cm³/mol. The molecule has 122 valence electrons. The summed E-state index contributed by atoms with van der Waals surface area (Å²) < 4.78 is 1.49. The summed E-state index contributed by atoms with van der Waals surface area (Å²) >= 11 is 1.66. The monoisotopic (exact) mass is 339 g/mol. The number of hydrogen-bond donors (Lipinski definition) is 2. The van der Waals surface area contributed by atoms with E-state index in [9.17, 15) is 9.90 Å². The molecule has 1 heterocycles. The molecule has 0 aliphatic heterocycles. The number of hydrogen-bond acceptors (Lipinski definition) is 4. The molecule has 0 aliphatic rings. The minimum atomic E-state index is -0.379. The van der Waals surface area contributed by atoms with Crippen LogP contribution in [0.5, 0.6) is 5.75 Å². The third-order valence-corrected chi connectivity index (χ3v) is 4.34.